The molecule has 0 bridgehead atoms. The molecule has 0 spiro atoms. The third-order valence-electron chi connectivity index (χ3n) is 12.5. The van der Waals surface area contributed by atoms with Crippen LogP contribution in [0.15, 0.2) is 57.5 Å². The third-order valence-corrected chi connectivity index (χ3v) is 13.7. The van der Waals surface area contributed by atoms with E-state index in [1.165, 1.54) is 70.6 Å². The van der Waals surface area contributed by atoms with Crippen LogP contribution in [0.25, 0.3) is 21.5 Å². The SMILES string of the molecule is CCCCC(CC)COc1c(Br)ccc2c(OCC(CC)CCCC)c(Br)ccc12.CCCCC(CC)COc1c(C=O)ccc2c(OCC(CC)CCCC)c(OC)ccc12. The molecular formula is C54H80Br2O6. The van der Waals surface area contributed by atoms with Crippen LogP contribution in [0.5, 0.6) is 28.7 Å². The molecule has 346 valence electrons. The number of halogens is 2. The zero-order chi connectivity index (χ0) is 45.3. The lowest BCUT2D eigenvalue weighted by molar-refractivity contribution is 0.111. The van der Waals surface area contributed by atoms with E-state index in [1.54, 1.807) is 7.11 Å². The smallest absolute Gasteiger partial charge is 0.169 e. The molecule has 4 aromatic rings. The van der Waals surface area contributed by atoms with Crippen molar-refractivity contribution in [2.24, 2.45) is 23.7 Å². The van der Waals surface area contributed by atoms with E-state index >= 15 is 0 Å². The fourth-order valence-electron chi connectivity index (χ4n) is 7.90. The zero-order valence-corrected chi connectivity index (χ0v) is 43.0. The molecule has 0 amide bonds. The molecule has 0 radical (unpaired) electrons. The summed E-state index contributed by atoms with van der Waals surface area (Å²) in [5, 5.41) is 4.04. The molecule has 0 saturated carbocycles. The minimum atomic E-state index is 0.488. The lowest BCUT2D eigenvalue weighted by Gasteiger charge is -2.21. The first-order chi connectivity index (χ1) is 30.2. The van der Waals surface area contributed by atoms with Crippen molar-refractivity contribution >= 4 is 59.7 Å². The average molecular weight is 985 g/mol. The first-order valence-electron chi connectivity index (χ1n) is 24.2. The van der Waals surface area contributed by atoms with Gasteiger partial charge in [-0.3, -0.25) is 4.79 Å². The Hall–Kier alpha value is -2.97. The molecule has 0 heterocycles. The normalized spacial score (nSPS) is 13.2. The van der Waals surface area contributed by atoms with Crippen LogP contribution >= 0.6 is 31.9 Å². The Kier molecular flexibility index (Phi) is 26.0. The highest BCUT2D eigenvalue weighted by Crippen LogP contribution is 2.43. The predicted octanol–water partition coefficient (Wildman–Crippen LogP) is 17.4. The van der Waals surface area contributed by atoms with E-state index in [0.29, 0.717) is 53.9 Å². The number of ether oxygens (including phenoxy) is 5. The number of aldehydes is 1. The highest BCUT2D eigenvalue weighted by Gasteiger charge is 2.20. The number of rotatable bonds is 30. The average Bonchev–Trinajstić information content (AvgIpc) is 3.30. The number of methoxy groups -OCH3 is 1. The van der Waals surface area contributed by atoms with E-state index in [1.807, 2.05) is 24.3 Å². The van der Waals surface area contributed by atoms with Crippen LogP contribution in [0.3, 0.4) is 0 Å². The molecule has 0 saturated heterocycles. The molecule has 0 aliphatic carbocycles. The first-order valence-corrected chi connectivity index (χ1v) is 25.8. The highest BCUT2D eigenvalue weighted by molar-refractivity contribution is 9.11. The maximum atomic E-state index is 11.8. The summed E-state index contributed by atoms with van der Waals surface area (Å²) in [5.74, 6) is 6.16. The summed E-state index contributed by atoms with van der Waals surface area (Å²) in [5.41, 5.74) is 0.577. The van der Waals surface area contributed by atoms with Crippen molar-refractivity contribution in [1.29, 1.82) is 0 Å². The molecular weight excluding hydrogens is 904 g/mol. The molecule has 62 heavy (non-hydrogen) atoms. The fraction of sp³-hybridized carbons (Fsp3) is 0.611. The van der Waals surface area contributed by atoms with Crippen LogP contribution in [0.1, 0.15) is 168 Å². The first kappa shape index (κ1) is 53.4. The van der Waals surface area contributed by atoms with Crippen LogP contribution in [-0.4, -0.2) is 39.8 Å². The van der Waals surface area contributed by atoms with Gasteiger partial charge < -0.3 is 23.7 Å². The summed E-state index contributed by atoms with van der Waals surface area (Å²) >= 11 is 7.42. The molecule has 6 nitrogen and oxygen atoms in total. The Balaban J connectivity index is 0.000000331. The third kappa shape index (κ3) is 16.2. The van der Waals surface area contributed by atoms with Gasteiger partial charge in [-0.2, -0.15) is 0 Å². The van der Waals surface area contributed by atoms with Gasteiger partial charge in [-0.25, -0.2) is 0 Å². The number of benzene rings is 4. The van der Waals surface area contributed by atoms with Crippen LogP contribution in [0, 0.1) is 23.7 Å². The molecule has 4 aromatic carbocycles. The second-order valence-corrected chi connectivity index (χ2v) is 18.8. The predicted molar refractivity (Wildman–Crippen MR) is 270 cm³/mol. The number of unbranched alkanes of at least 4 members (excludes halogenated alkanes) is 4. The minimum absolute atomic E-state index is 0.488. The topological polar surface area (TPSA) is 63.2 Å². The Labute approximate surface area is 393 Å². The number of fused-ring (bicyclic) bond motifs is 2. The second-order valence-electron chi connectivity index (χ2n) is 17.1. The Morgan fingerprint density at radius 2 is 0.774 bits per heavy atom. The number of hydrogen-bond acceptors (Lipinski definition) is 6. The van der Waals surface area contributed by atoms with Crippen LogP contribution in [-0.2, 0) is 0 Å². The molecule has 0 aromatic heterocycles. The molecule has 0 fully saturated rings. The summed E-state index contributed by atoms with van der Waals surface area (Å²) < 4.78 is 33.0. The van der Waals surface area contributed by atoms with Crippen LogP contribution < -0.4 is 23.7 Å². The van der Waals surface area contributed by atoms with Gasteiger partial charge >= 0.3 is 0 Å². The molecule has 4 unspecified atom stereocenters. The van der Waals surface area contributed by atoms with Crippen molar-refractivity contribution in [1.82, 2.24) is 0 Å². The maximum Gasteiger partial charge on any atom is 0.169 e. The summed E-state index contributed by atoms with van der Waals surface area (Å²) in [7, 11) is 1.67. The van der Waals surface area contributed by atoms with Crippen LogP contribution in [0.2, 0.25) is 0 Å². The van der Waals surface area contributed by atoms with E-state index in [9.17, 15) is 4.79 Å². The van der Waals surface area contributed by atoms with Crippen LogP contribution in [0.4, 0.5) is 0 Å². The van der Waals surface area contributed by atoms with Crippen molar-refractivity contribution < 1.29 is 28.5 Å². The lowest BCUT2D eigenvalue weighted by atomic mass is 10.00. The molecule has 0 aliphatic rings. The van der Waals surface area contributed by atoms with Gasteiger partial charge in [-0.05, 0) is 130 Å². The monoisotopic (exact) mass is 982 g/mol. The van der Waals surface area contributed by atoms with Crippen molar-refractivity contribution in [2.75, 3.05) is 33.5 Å². The summed E-state index contributed by atoms with van der Waals surface area (Å²) in [6.07, 6.45) is 19.9. The molecule has 4 rings (SSSR count). The van der Waals surface area contributed by atoms with Crippen molar-refractivity contribution in [3.63, 3.8) is 0 Å². The van der Waals surface area contributed by atoms with Gasteiger partial charge in [0.25, 0.3) is 0 Å². The Morgan fingerprint density at radius 1 is 0.452 bits per heavy atom. The van der Waals surface area contributed by atoms with Gasteiger partial charge in [0, 0.05) is 21.5 Å². The van der Waals surface area contributed by atoms with Crippen molar-refractivity contribution in [3.8, 4) is 28.7 Å². The summed E-state index contributed by atoms with van der Waals surface area (Å²) in [6.45, 7) is 20.7. The number of hydrogen-bond donors (Lipinski definition) is 0. The van der Waals surface area contributed by atoms with E-state index in [-0.39, 0.29) is 0 Å². The zero-order valence-electron chi connectivity index (χ0n) is 39.9. The van der Waals surface area contributed by atoms with Gasteiger partial charge in [-0.15, -0.1) is 0 Å². The quantitative estimate of drug-likeness (QED) is 0.0485. The molecule has 0 aliphatic heterocycles. The standard InChI is InChI=1S/C28H42O4.C26H38Br2O2/c1-6-10-12-21(8-3)19-31-27-23(18-29)14-15-25-24(27)16-17-26(30-5)28(25)32-20-22(9-4)13-11-7-2;1-5-9-11-19(7-3)17-29-25-21-13-16-24(28)26(22(21)14-15-23(25)27)30-18-20(8-4)12-10-6-2/h14-18,21-22H,6-13,19-20H2,1-5H3;13-16,19-20H,5-12,17-18H2,1-4H3. The second kappa shape index (κ2) is 30.2. The Bertz CT molecular complexity index is 1810. The van der Waals surface area contributed by atoms with Gasteiger partial charge in [0.05, 0.1) is 48.0 Å². The molecule has 0 N–H and O–H groups in total. The van der Waals surface area contributed by atoms with Crippen molar-refractivity contribution in [2.45, 2.75) is 158 Å². The highest BCUT2D eigenvalue weighted by atomic mass is 79.9. The Morgan fingerprint density at radius 3 is 1.13 bits per heavy atom. The number of carbonyl (C=O) groups excluding carboxylic acids is 1. The maximum absolute atomic E-state index is 11.8. The van der Waals surface area contributed by atoms with E-state index < -0.39 is 0 Å². The number of carbonyl (C=O) groups is 1. The van der Waals surface area contributed by atoms with Gasteiger partial charge in [-0.1, -0.05) is 132 Å². The summed E-state index contributed by atoms with van der Waals surface area (Å²) in [6, 6.07) is 16.1. The summed E-state index contributed by atoms with van der Waals surface area (Å²) in [4.78, 5) is 11.8. The lowest BCUT2D eigenvalue weighted by Crippen LogP contribution is -2.13. The molecule has 4 atom stereocenters. The van der Waals surface area contributed by atoms with Gasteiger partial charge in [0.15, 0.2) is 17.8 Å². The van der Waals surface area contributed by atoms with Gasteiger partial charge in [0.1, 0.15) is 17.2 Å². The largest absolute Gasteiger partial charge is 0.493 e. The minimum Gasteiger partial charge on any atom is -0.493 e. The van der Waals surface area contributed by atoms with E-state index in [0.717, 1.165) is 99.3 Å². The fourth-order valence-corrected chi connectivity index (χ4v) is 8.82. The molecule has 8 heteroatoms. The van der Waals surface area contributed by atoms with Crippen molar-refractivity contribution in [3.05, 3.63) is 63.0 Å². The van der Waals surface area contributed by atoms with E-state index in [2.05, 4.69) is 112 Å². The van der Waals surface area contributed by atoms with Gasteiger partial charge in [0.2, 0.25) is 0 Å². The van der Waals surface area contributed by atoms with E-state index in [4.69, 9.17) is 23.7 Å².